The molecule has 1 aromatic rings. The summed E-state index contributed by atoms with van der Waals surface area (Å²) in [5.41, 5.74) is 0. The van der Waals surface area contributed by atoms with Crippen LogP contribution < -0.4 is 0 Å². The third-order valence-corrected chi connectivity index (χ3v) is 2.17. The molecular formula is C9H11NO4. The van der Waals surface area contributed by atoms with E-state index in [0.29, 0.717) is 12.0 Å². The van der Waals surface area contributed by atoms with Gasteiger partial charge in [-0.3, -0.25) is 10.1 Å². The fourth-order valence-electron chi connectivity index (χ4n) is 1.30. The largest absolute Gasteiger partial charge is 0.469 e. The maximum atomic E-state index is 10.6. The second-order valence-corrected chi connectivity index (χ2v) is 3.05. The van der Waals surface area contributed by atoms with E-state index in [1.54, 1.807) is 12.1 Å². The zero-order valence-electron chi connectivity index (χ0n) is 7.75. The summed E-state index contributed by atoms with van der Waals surface area (Å²) in [4.78, 5) is 20.5. The van der Waals surface area contributed by atoms with Crippen LogP contribution in [-0.2, 0) is 4.79 Å². The van der Waals surface area contributed by atoms with Crippen molar-refractivity contribution in [2.24, 2.45) is 0 Å². The molecule has 1 heterocycles. The van der Waals surface area contributed by atoms with Crippen molar-refractivity contribution >= 4 is 6.29 Å². The average molecular weight is 197 g/mol. The normalized spacial score (nSPS) is 14.6. The SMILES string of the molecule is CC([C@@H](CC=O)c1ccco1)[N+](=O)[O-]. The Morgan fingerprint density at radius 3 is 2.86 bits per heavy atom. The van der Waals surface area contributed by atoms with E-state index in [1.807, 2.05) is 0 Å². The lowest BCUT2D eigenvalue weighted by Gasteiger charge is -2.12. The van der Waals surface area contributed by atoms with E-state index < -0.39 is 16.9 Å². The minimum absolute atomic E-state index is 0.107. The van der Waals surface area contributed by atoms with Crippen molar-refractivity contribution in [2.75, 3.05) is 0 Å². The molecule has 2 atom stereocenters. The van der Waals surface area contributed by atoms with Gasteiger partial charge in [0.25, 0.3) is 0 Å². The summed E-state index contributed by atoms with van der Waals surface area (Å²) in [5, 5.41) is 10.6. The van der Waals surface area contributed by atoms with E-state index in [9.17, 15) is 14.9 Å². The van der Waals surface area contributed by atoms with E-state index in [-0.39, 0.29) is 6.42 Å². The van der Waals surface area contributed by atoms with Gasteiger partial charge in [0.05, 0.1) is 12.2 Å². The molecule has 1 unspecified atom stereocenters. The zero-order chi connectivity index (χ0) is 10.6. The molecule has 0 aliphatic heterocycles. The first-order valence-corrected chi connectivity index (χ1v) is 4.27. The summed E-state index contributed by atoms with van der Waals surface area (Å²) in [7, 11) is 0. The van der Waals surface area contributed by atoms with Crippen molar-refractivity contribution in [3.63, 3.8) is 0 Å². The quantitative estimate of drug-likeness (QED) is 0.408. The standard InChI is InChI=1S/C9H11NO4/c1-7(10(12)13)8(4-5-11)9-3-2-6-14-9/h2-3,5-8H,4H2,1H3/t7?,8-/m1/s1. The summed E-state index contributed by atoms with van der Waals surface area (Å²) in [6.07, 6.45) is 2.22. The maximum absolute atomic E-state index is 10.6. The van der Waals surface area contributed by atoms with Crippen molar-refractivity contribution in [1.29, 1.82) is 0 Å². The third-order valence-electron chi connectivity index (χ3n) is 2.17. The van der Waals surface area contributed by atoms with Gasteiger partial charge in [-0.05, 0) is 12.1 Å². The van der Waals surface area contributed by atoms with Crippen LogP contribution in [0, 0.1) is 10.1 Å². The van der Waals surface area contributed by atoms with Crippen LogP contribution in [0.15, 0.2) is 22.8 Å². The number of hydrogen-bond donors (Lipinski definition) is 0. The highest BCUT2D eigenvalue weighted by Gasteiger charge is 2.29. The molecular weight excluding hydrogens is 186 g/mol. The lowest BCUT2D eigenvalue weighted by molar-refractivity contribution is -0.522. The van der Waals surface area contributed by atoms with Gasteiger partial charge in [-0.25, -0.2) is 0 Å². The summed E-state index contributed by atoms with van der Waals surface area (Å²) >= 11 is 0. The monoisotopic (exact) mass is 197 g/mol. The number of nitrogens with zero attached hydrogens (tertiary/aromatic N) is 1. The first-order chi connectivity index (χ1) is 6.66. The third kappa shape index (κ3) is 2.18. The number of rotatable bonds is 5. The van der Waals surface area contributed by atoms with E-state index in [1.165, 1.54) is 13.2 Å². The number of furan rings is 1. The topological polar surface area (TPSA) is 73.3 Å². The summed E-state index contributed by atoms with van der Waals surface area (Å²) in [5.74, 6) is 0.0128. The highest BCUT2D eigenvalue weighted by molar-refractivity contribution is 5.51. The predicted octanol–water partition coefficient (Wildman–Crippen LogP) is 1.62. The van der Waals surface area contributed by atoms with Crippen LogP contribution in [-0.4, -0.2) is 17.3 Å². The van der Waals surface area contributed by atoms with Gasteiger partial charge in [-0.2, -0.15) is 0 Å². The Morgan fingerprint density at radius 1 is 1.71 bits per heavy atom. The van der Waals surface area contributed by atoms with E-state index in [4.69, 9.17) is 4.42 Å². The number of hydrogen-bond acceptors (Lipinski definition) is 4. The molecule has 76 valence electrons. The van der Waals surface area contributed by atoms with Crippen LogP contribution in [0.3, 0.4) is 0 Å². The number of aldehydes is 1. The molecule has 0 saturated carbocycles. The fourth-order valence-corrected chi connectivity index (χ4v) is 1.30. The number of nitro groups is 1. The fraction of sp³-hybridized carbons (Fsp3) is 0.444. The van der Waals surface area contributed by atoms with Crippen molar-refractivity contribution < 1.29 is 14.1 Å². The van der Waals surface area contributed by atoms with Crippen LogP contribution in [0.2, 0.25) is 0 Å². The van der Waals surface area contributed by atoms with E-state index in [2.05, 4.69) is 0 Å². The van der Waals surface area contributed by atoms with Crippen molar-refractivity contribution in [1.82, 2.24) is 0 Å². The van der Waals surface area contributed by atoms with Gasteiger partial charge >= 0.3 is 0 Å². The first kappa shape index (κ1) is 10.4. The Bertz CT molecular complexity index is 307. The van der Waals surface area contributed by atoms with Crippen LogP contribution in [0.4, 0.5) is 0 Å². The maximum Gasteiger partial charge on any atom is 0.220 e. The average Bonchev–Trinajstić information content (AvgIpc) is 2.65. The summed E-state index contributed by atoms with van der Waals surface area (Å²) in [6, 6.07) is 2.49. The second-order valence-electron chi connectivity index (χ2n) is 3.05. The van der Waals surface area contributed by atoms with Crippen LogP contribution in [0.25, 0.3) is 0 Å². The molecule has 1 aromatic heterocycles. The molecule has 0 aliphatic rings. The lowest BCUT2D eigenvalue weighted by Crippen LogP contribution is -2.24. The molecule has 14 heavy (non-hydrogen) atoms. The van der Waals surface area contributed by atoms with Crippen molar-refractivity contribution in [2.45, 2.75) is 25.3 Å². The molecule has 0 amide bonds. The first-order valence-electron chi connectivity index (χ1n) is 4.27. The molecule has 0 aliphatic carbocycles. The molecule has 0 bridgehead atoms. The minimum atomic E-state index is -0.814. The Morgan fingerprint density at radius 2 is 2.43 bits per heavy atom. The summed E-state index contributed by atoms with van der Waals surface area (Å²) in [6.45, 7) is 1.47. The zero-order valence-corrected chi connectivity index (χ0v) is 7.75. The highest BCUT2D eigenvalue weighted by Crippen LogP contribution is 2.24. The van der Waals surface area contributed by atoms with Crippen molar-refractivity contribution in [3.8, 4) is 0 Å². The van der Waals surface area contributed by atoms with Gasteiger partial charge in [-0.15, -0.1) is 0 Å². The minimum Gasteiger partial charge on any atom is -0.469 e. The van der Waals surface area contributed by atoms with E-state index >= 15 is 0 Å². The van der Waals surface area contributed by atoms with E-state index in [0.717, 1.165) is 0 Å². The molecule has 0 N–H and O–H groups in total. The number of carbonyl (C=O) groups is 1. The van der Waals surface area contributed by atoms with Gasteiger partial charge in [0.15, 0.2) is 0 Å². The Labute approximate surface area is 80.9 Å². The van der Waals surface area contributed by atoms with Crippen LogP contribution in [0.1, 0.15) is 25.0 Å². The lowest BCUT2D eigenvalue weighted by atomic mass is 9.96. The molecule has 0 fully saturated rings. The van der Waals surface area contributed by atoms with Crippen LogP contribution >= 0.6 is 0 Å². The molecule has 0 spiro atoms. The van der Waals surface area contributed by atoms with Crippen LogP contribution in [0.5, 0.6) is 0 Å². The Hall–Kier alpha value is -1.65. The van der Waals surface area contributed by atoms with Crippen molar-refractivity contribution in [3.05, 3.63) is 34.3 Å². The molecule has 0 aromatic carbocycles. The molecule has 1 rings (SSSR count). The number of carbonyl (C=O) groups excluding carboxylic acids is 1. The predicted molar refractivity (Wildman–Crippen MR) is 48.6 cm³/mol. The second kappa shape index (κ2) is 4.55. The Kier molecular flexibility index (Phi) is 3.39. The smallest absolute Gasteiger partial charge is 0.220 e. The molecule has 5 nitrogen and oxygen atoms in total. The molecule has 0 saturated heterocycles. The van der Waals surface area contributed by atoms with Gasteiger partial charge in [0.2, 0.25) is 6.04 Å². The highest BCUT2D eigenvalue weighted by atomic mass is 16.6. The van der Waals surface area contributed by atoms with Gasteiger partial charge in [-0.1, -0.05) is 0 Å². The van der Waals surface area contributed by atoms with Gasteiger partial charge in [0, 0.05) is 18.3 Å². The Balaban J connectivity index is 2.84. The molecule has 5 heteroatoms. The molecule has 0 radical (unpaired) electrons. The van der Waals surface area contributed by atoms with Gasteiger partial charge < -0.3 is 9.21 Å². The van der Waals surface area contributed by atoms with Gasteiger partial charge in [0.1, 0.15) is 12.0 Å². The summed E-state index contributed by atoms with van der Waals surface area (Å²) < 4.78 is 5.06.